The largest absolute Gasteiger partial charge is 0.497 e. The number of nitrogens with one attached hydrogen (secondary N) is 1. The maximum absolute atomic E-state index is 12.4. The number of allylic oxidation sites excluding steroid dienone is 1. The topological polar surface area (TPSA) is 60.7 Å². The maximum Gasteiger partial charge on any atom is 0.244 e. The van der Waals surface area contributed by atoms with Gasteiger partial charge in [0, 0.05) is 35.2 Å². The Hall–Kier alpha value is -3.21. The van der Waals surface area contributed by atoms with Gasteiger partial charge in [-0.25, -0.2) is 0 Å². The van der Waals surface area contributed by atoms with Gasteiger partial charge in [-0.1, -0.05) is 38.3 Å². The van der Waals surface area contributed by atoms with Gasteiger partial charge in [0.1, 0.15) is 17.1 Å². The number of hydrogen-bond acceptors (Lipinski definition) is 4. The Morgan fingerprint density at radius 1 is 1.12 bits per heavy atom. The fourth-order valence-electron chi connectivity index (χ4n) is 3.74. The summed E-state index contributed by atoms with van der Waals surface area (Å²) >= 11 is 0. The van der Waals surface area contributed by atoms with Gasteiger partial charge in [0.25, 0.3) is 0 Å². The highest BCUT2D eigenvalue weighted by atomic mass is 16.5. The predicted octanol–water partition coefficient (Wildman–Crippen LogP) is 6.61. The number of carbonyl (C=O) groups is 1. The molecule has 1 aromatic heterocycles. The summed E-state index contributed by atoms with van der Waals surface area (Å²) < 4.78 is 17.1. The number of ether oxygens (including phenoxy) is 2. The van der Waals surface area contributed by atoms with E-state index in [1.165, 1.54) is 12.8 Å². The zero-order valence-corrected chi connectivity index (χ0v) is 19.5. The van der Waals surface area contributed by atoms with Crippen molar-refractivity contribution >= 4 is 22.4 Å². The van der Waals surface area contributed by atoms with E-state index in [1.807, 2.05) is 50.2 Å². The van der Waals surface area contributed by atoms with Crippen molar-refractivity contribution < 1.29 is 18.7 Å². The smallest absolute Gasteiger partial charge is 0.244 e. The van der Waals surface area contributed by atoms with Crippen molar-refractivity contribution in [3.63, 3.8) is 0 Å². The number of unbranched alkanes of at least 4 members (excludes halogenated alkanes) is 3. The molecule has 0 bridgehead atoms. The van der Waals surface area contributed by atoms with E-state index in [1.54, 1.807) is 19.4 Å². The third kappa shape index (κ3) is 5.72. The molecule has 2 aromatic carbocycles. The molecule has 0 atom stereocenters. The first-order valence-electron chi connectivity index (χ1n) is 11.4. The van der Waals surface area contributed by atoms with Gasteiger partial charge in [-0.2, -0.15) is 0 Å². The van der Waals surface area contributed by atoms with Crippen LogP contribution < -0.4 is 14.8 Å². The van der Waals surface area contributed by atoms with Gasteiger partial charge in [0.2, 0.25) is 5.91 Å². The second-order valence-electron chi connectivity index (χ2n) is 7.84. The number of rotatable bonds is 11. The van der Waals surface area contributed by atoms with Crippen molar-refractivity contribution in [2.75, 3.05) is 20.3 Å². The number of methoxy groups -OCH3 is 1. The van der Waals surface area contributed by atoms with Gasteiger partial charge >= 0.3 is 0 Å². The van der Waals surface area contributed by atoms with E-state index >= 15 is 0 Å². The summed E-state index contributed by atoms with van der Waals surface area (Å²) in [6.07, 6.45) is 7.92. The predicted molar refractivity (Wildman–Crippen MR) is 130 cm³/mol. The monoisotopic (exact) mass is 435 g/mol. The average Bonchev–Trinajstić information content (AvgIpc) is 3.21. The molecular formula is C27H33NO4. The van der Waals surface area contributed by atoms with E-state index in [9.17, 15) is 4.79 Å². The fraction of sp³-hybridized carbons (Fsp3) is 0.370. The Morgan fingerprint density at radius 2 is 1.97 bits per heavy atom. The first-order valence-corrected chi connectivity index (χ1v) is 11.4. The fourth-order valence-corrected chi connectivity index (χ4v) is 3.74. The summed E-state index contributed by atoms with van der Waals surface area (Å²) in [5, 5.41) is 3.95. The van der Waals surface area contributed by atoms with Crippen molar-refractivity contribution in [3.05, 3.63) is 54.3 Å². The molecule has 1 heterocycles. The van der Waals surface area contributed by atoms with Crippen LogP contribution in [0, 0.1) is 0 Å². The zero-order valence-electron chi connectivity index (χ0n) is 19.5. The molecule has 3 rings (SSSR count). The van der Waals surface area contributed by atoms with Crippen molar-refractivity contribution in [2.45, 2.75) is 46.5 Å². The molecule has 1 amide bonds. The van der Waals surface area contributed by atoms with Gasteiger partial charge in [-0.3, -0.25) is 4.79 Å². The lowest BCUT2D eigenvalue weighted by Gasteiger charge is -2.12. The van der Waals surface area contributed by atoms with Gasteiger partial charge in [0.15, 0.2) is 0 Å². The standard InChI is InChI=1S/C27H33NO4/c1-5-7-8-9-13-28-27(29)14-19(3)22-16-23-24(20-11-10-12-21(15-20)30-4)18-32-26(23)17-25(22)31-6-2/h10-12,14-18H,5-9,13H2,1-4H3,(H,28,29)/b19-14+. The molecule has 0 aliphatic heterocycles. The summed E-state index contributed by atoms with van der Waals surface area (Å²) in [5.74, 6) is 1.41. The molecule has 0 saturated heterocycles. The van der Waals surface area contributed by atoms with E-state index < -0.39 is 0 Å². The molecule has 0 aliphatic carbocycles. The van der Waals surface area contributed by atoms with E-state index in [0.29, 0.717) is 18.9 Å². The van der Waals surface area contributed by atoms with Crippen LogP contribution in [0.2, 0.25) is 0 Å². The molecule has 170 valence electrons. The number of carbonyl (C=O) groups excluding carboxylic acids is 1. The van der Waals surface area contributed by atoms with Gasteiger partial charge in [-0.15, -0.1) is 0 Å². The van der Waals surface area contributed by atoms with Crippen LogP contribution in [0.25, 0.3) is 27.7 Å². The van der Waals surface area contributed by atoms with Crippen LogP contribution in [-0.2, 0) is 4.79 Å². The van der Waals surface area contributed by atoms with Crippen molar-refractivity contribution in [1.29, 1.82) is 0 Å². The second-order valence-corrected chi connectivity index (χ2v) is 7.84. The molecule has 0 saturated carbocycles. The molecule has 0 fully saturated rings. The second kappa shape index (κ2) is 11.4. The van der Waals surface area contributed by atoms with Gasteiger partial charge < -0.3 is 19.2 Å². The van der Waals surface area contributed by atoms with Crippen LogP contribution in [0.15, 0.2) is 53.2 Å². The normalized spacial score (nSPS) is 11.6. The molecule has 0 radical (unpaired) electrons. The number of hydrogen-bond donors (Lipinski definition) is 1. The molecule has 3 aromatic rings. The van der Waals surface area contributed by atoms with Crippen molar-refractivity contribution in [3.8, 4) is 22.6 Å². The molecule has 0 spiro atoms. The Balaban J connectivity index is 1.92. The average molecular weight is 436 g/mol. The Labute approximate surface area is 190 Å². The lowest BCUT2D eigenvalue weighted by atomic mass is 9.99. The van der Waals surface area contributed by atoms with E-state index in [-0.39, 0.29) is 5.91 Å². The summed E-state index contributed by atoms with van der Waals surface area (Å²) in [5.41, 5.74) is 4.44. The van der Waals surface area contributed by atoms with Gasteiger partial charge in [0.05, 0.1) is 20.0 Å². The molecule has 1 N–H and O–H groups in total. The Bertz CT molecular complexity index is 1080. The first kappa shape index (κ1) is 23.5. The highest BCUT2D eigenvalue weighted by molar-refractivity contribution is 6.00. The SMILES string of the molecule is CCCCCCNC(=O)/C=C(\C)c1cc2c(-c3cccc(OC)c3)coc2cc1OCC. The summed E-state index contributed by atoms with van der Waals surface area (Å²) in [6.45, 7) is 7.28. The van der Waals surface area contributed by atoms with Crippen LogP contribution in [0.3, 0.4) is 0 Å². The molecule has 32 heavy (non-hydrogen) atoms. The number of benzene rings is 2. The quantitative estimate of drug-likeness (QED) is 0.272. The number of fused-ring (bicyclic) bond motifs is 1. The minimum atomic E-state index is -0.0817. The summed E-state index contributed by atoms with van der Waals surface area (Å²) in [6, 6.07) is 11.8. The summed E-state index contributed by atoms with van der Waals surface area (Å²) in [7, 11) is 1.65. The van der Waals surface area contributed by atoms with Crippen molar-refractivity contribution in [2.24, 2.45) is 0 Å². The minimum Gasteiger partial charge on any atom is -0.497 e. The van der Waals surface area contributed by atoms with Crippen LogP contribution in [0.4, 0.5) is 0 Å². The molecule has 5 heteroatoms. The zero-order chi connectivity index (χ0) is 22.9. The molecule has 5 nitrogen and oxygen atoms in total. The third-order valence-electron chi connectivity index (χ3n) is 5.46. The lowest BCUT2D eigenvalue weighted by Crippen LogP contribution is -2.22. The highest BCUT2D eigenvalue weighted by Crippen LogP contribution is 2.38. The number of furan rings is 1. The highest BCUT2D eigenvalue weighted by Gasteiger charge is 2.15. The van der Waals surface area contributed by atoms with Crippen molar-refractivity contribution in [1.82, 2.24) is 5.32 Å². The maximum atomic E-state index is 12.4. The Morgan fingerprint density at radius 3 is 2.72 bits per heavy atom. The van der Waals surface area contributed by atoms with Crippen LogP contribution >= 0.6 is 0 Å². The van der Waals surface area contributed by atoms with E-state index in [0.717, 1.165) is 51.8 Å². The van der Waals surface area contributed by atoms with Crippen LogP contribution in [0.5, 0.6) is 11.5 Å². The van der Waals surface area contributed by atoms with Crippen LogP contribution in [-0.4, -0.2) is 26.2 Å². The molecular weight excluding hydrogens is 402 g/mol. The first-order chi connectivity index (χ1) is 15.6. The summed E-state index contributed by atoms with van der Waals surface area (Å²) in [4.78, 5) is 12.4. The van der Waals surface area contributed by atoms with E-state index in [4.69, 9.17) is 13.9 Å². The molecule has 0 aliphatic rings. The molecule has 0 unspecified atom stereocenters. The number of amides is 1. The minimum absolute atomic E-state index is 0.0817. The lowest BCUT2D eigenvalue weighted by molar-refractivity contribution is -0.116. The Kier molecular flexibility index (Phi) is 8.37. The van der Waals surface area contributed by atoms with Crippen LogP contribution in [0.1, 0.15) is 52.0 Å². The third-order valence-corrected chi connectivity index (χ3v) is 5.46. The van der Waals surface area contributed by atoms with E-state index in [2.05, 4.69) is 12.2 Å². The van der Waals surface area contributed by atoms with Gasteiger partial charge in [-0.05, 0) is 49.6 Å².